The molecule has 3 N–H and O–H groups in total. The van der Waals surface area contributed by atoms with Gasteiger partial charge in [-0.1, -0.05) is 31.0 Å². The van der Waals surface area contributed by atoms with Crippen LogP contribution in [-0.2, 0) is 0 Å². The van der Waals surface area contributed by atoms with E-state index in [0.29, 0.717) is 27.8 Å². The Morgan fingerprint density at radius 2 is 1.90 bits per heavy atom. The van der Waals surface area contributed by atoms with E-state index in [-0.39, 0.29) is 17.8 Å². The van der Waals surface area contributed by atoms with Crippen molar-refractivity contribution in [1.29, 1.82) is 0 Å². The Labute approximate surface area is 172 Å². The first-order chi connectivity index (χ1) is 14.7. The van der Waals surface area contributed by atoms with E-state index in [2.05, 4.69) is 15.4 Å². The summed E-state index contributed by atoms with van der Waals surface area (Å²) in [4.78, 5) is 26.6. The molecule has 4 aromatic rings. The lowest BCUT2D eigenvalue weighted by Crippen LogP contribution is -2.33. The fraction of sp³-hybridized carbons (Fsp3) is 0.227. The summed E-state index contributed by atoms with van der Waals surface area (Å²) in [6.07, 6.45) is 9.25. The van der Waals surface area contributed by atoms with Crippen LogP contribution in [0.15, 0.2) is 53.9 Å². The van der Waals surface area contributed by atoms with Crippen LogP contribution in [0.5, 0.6) is 0 Å². The van der Waals surface area contributed by atoms with E-state index in [9.17, 15) is 4.79 Å². The van der Waals surface area contributed by atoms with Crippen molar-refractivity contribution < 1.29 is 4.79 Å². The molecule has 1 aliphatic rings. The number of nitrogens with zero attached hydrogens (tertiary/aromatic N) is 5. The minimum Gasteiger partial charge on any atom is -0.383 e. The van der Waals surface area contributed by atoms with Crippen LogP contribution in [0.4, 0.5) is 5.82 Å². The normalized spacial score (nSPS) is 14.8. The minimum atomic E-state index is -0.232. The molecule has 8 nitrogen and oxygen atoms in total. The standard InChI is InChI=1S/C22H21N7O/c23-20-18(22(30)26-15-7-1-2-8-15)19-21(28-17-10-4-3-9-16(17)27-19)29(20)25-13-14-6-5-11-24-12-14/h3-6,9-13,15H,1-2,7-8,23H2,(H,26,30)/b25-13-. The number of aromatic nitrogens is 4. The van der Waals surface area contributed by atoms with Crippen molar-refractivity contribution in [3.63, 3.8) is 0 Å². The van der Waals surface area contributed by atoms with Gasteiger partial charge in [-0.25, -0.2) is 9.97 Å². The first kappa shape index (κ1) is 18.2. The molecule has 150 valence electrons. The lowest BCUT2D eigenvalue weighted by molar-refractivity contribution is 0.0940. The van der Waals surface area contributed by atoms with Gasteiger partial charge in [0.15, 0.2) is 5.65 Å². The van der Waals surface area contributed by atoms with Gasteiger partial charge in [0.2, 0.25) is 0 Å². The third kappa shape index (κ3) is 3.26. The lowest BCUT2D eigenvalue weighted by Gasteiger charge is -2.11. The summed E-state index contributed by atoms with van der Waals surface area (Å²) < 4.78 is 1.48. The second-order valence-corrected chi connectivity index (χ2v) is 7.44. The molecule has 5 rings (SSSR count). The smallest absolute Gasteiger partial charge is 0.257 e. The van der Waals surface area contributed by atoms with Crippen molar-refractivity contribution >= 4 is 40.1 Å². The quantitative estimate of drug-likeness (QED) is 0.512. The number of nitrogens with two attached hydrogens (primary N) is 1. The molecule has 1 aromatic carbocycles. The summed E-state index contributed by atoms with van der Waals surface area (Å²) in [5, 5.41) is 7.59. The zero-order chi connectivity index (χ0) is 20.5. The summed E-state index contributed by atoms with van der Waals surface area (Å²) in [6.45, 7) is 0. The Balaban J connectivity index is 1.66. The first-order valence-electron chi connectivity index (χ1n) is 10.0. The minimum absolute atomic E-state index is 0.169. The van der Waals surface area contributed by atoms with Crippen molar-refractivity contribution in [2.24, 2.45) is 5.10 Å². The summed E-state index contributed by atoms with van der Waals surface area (Å²) in [6, 6.07) is 11.4. The number of fused-ring (bicyclic) bond motifs is 2. The Morgan fingerprint density at radius 3 is 2.63 bits per heavy atom. The van der Waals surface area contributed by atoms with E-state index < -0.39 is 0 Å². The molecule has 0 bridgehead atoms. The number of carbonyl (C=O) groups excluding carboxylic acids is 1. The number of benzene rings is 1. The fourth-order valence-electron chi connectivity index (χ4n) is 3.89. The molecule has 0 unspecified atom stereocenters. The van der Waals surface area contributed by atoms with Crippen molar-refractivity contribution in [2.45, 2.75) is 31.7 Å². The lowest BCUT2D eigenvalue weighted by atomic mass is 10.2. The van der Waals surface area contributed by atoms with E-state index in [0.717, 1.165) is 31.2 Å². The van der Waals surface area contributed by atoms with E-state index in [1.165, 1.54) is 4.68 Å². The molecule has 1 amide bonds. The average molecular weight is 399 g/mol. The van der Waals surface area contributed by atoms with Gasteiger partial charge in [-0.2, -0.15) is 9.78 Å². The molecule has 0 saturated heterocycles. The van der Waals surface area contributed by atoms with Crippen LogP contribution in [0, 0.1) is 0 Å². The molecule has 8 heteroatoms. The number of anilines is 1. The van der Waals surface area contributed by atoms with Crippen LogP contribution in [0.1, 0.15) is 41.6 Å². The number of para-hydroxylation sites is 2. The molecule has 30 heavy (non-hydrogen) atoms. The molecule has 3 aromatic heterocycles. The second-order valence-electron chi connectivity index (χ2n) is 7.44. The molecule has 1 aliphatic carbocycles. The van der Waals surface area contributed by atoms with Crippen LogP contribution in [0.2, 0.25) is 0 Å². The third-order valence-electron chi connectivity index (χ3n) is 5.40. The maximum absolute atomic E-state index is 13.1. The molecular weight excluding hydrogens is 378 g/mol. The predicted octanol–water partition coefficient (Wildman–Crippen LogP) is 3.12. The molecule has 0 atom stereocenters. The largest absolute Gasteiger partial charge is 0.383 e. The number of carbonyl (C=O) groups is 1. The molecule has 1 fully saturated rings. The monoisotopic (exact) mass is 399 g/mol. The van der Waals surface area contributed by atoms with E-state index in [1.807, 2.05) is 36.4 Å². The molecule has 3 heterocycles. The topological polar surface area (TPSA) is 111 Å². The van der Waals surface area contributed by atoms with Gasteiger partial charge in [-0.3, -0.25) is 9.78 Å². The Hall–Kier alpha value is -3.81. The maximum atomic E-state index is 13.1. The van der Waals surface area contributed by atoms with Gasteiger partial charge < -0.3 is 11.1 Å². The summed E-state index contributed by atoms with van der Waals surface area (Å²) in [7, 11) is 0. The number of hydrogen-bond donors (Lipinski definition) is 2. The van der Waals surface area contributed by atoms with Gasteiger partial charge in [0.05, 0.1) is 17.2 Å². The van der Waals surface area contributed by atoms with Crippen molar-refractivity contribution in [3.05, 3.63) is 59.9 Å². The average Bonchev–Trinajstić information content (AvgIpc) is 3.36. The van der Waals surface area contributed by atoms with Gasteiger partial charge in [0.1, 0.15) is 16.9 Å². The van der Waals surface area contributed by atoms with E-state index >= 15 is 0 Å². The second kappa shape index (κ2) is 7.55. The van der Waals surface area contributed by atoms with Crippen molar-refractivity contribution in [3.8, 4) is 0 Å². The number of hydrogen-bond acceptors (Lipinski definition) is 6. The summed E-state index contributed by atoms with van der Waals surface area (Å²) in [5.74, 6) is -0.0137. The predicted molar refractivity (Wildman–Crippen MR) is 116 cm³/mol. The number of amides is 1. The highest BCUT2D eigenvalue weighted by molar-refractivity contribution is 6.10. The van der Waals surface area contributed by atoms with Gasteiger partial charge >= 0.3 is 0 Å². The molecule has 0 aliphatic heterocycles. The zero-order valence-electron chi connectivity index (χ0n) is 16.3. The number of nitrogen functional groups attached to an aromatic ring is 1. The highest BCUT2D eigenvalue weighted by atomic mass is 16.1. The van der Waals surface area contributed by atoms with Crippen LogP contribution in [-0.4, -0.2) is 37.8 Å². The number of rotatable bonds is 4. The summed E-state index contributed by atoms with van der Waals surface area (Å²) in [5.41, 5.74) is 9.85. The first-order valence-corrected chi connectivity index (χ1v) is 10.0. The van der Waals surface area contributed by atoms with E-state index in [1.54, 1.807) is 18.6 Å². The van der Waals surface area contributed by atoms with Crippen LogP contribution in [0.25, 0.3) is 22.2 Å². The highest BCUT2D eigenvalue weighted by Crippen LogP contribution is 2.28. The molecule has 1 saturated carbocycles. The van der Waals surface area contributed by atoms with Gasteiger partial charge in [-0.15, -0.1) is 0 Å². The number of nitrogens with one attached hydrogen (secondary N) is 1. The highest BCUT2D eigenvalue weighted by Gasteiger charge is 2.26. The third-order valence-corrected chi connectivity index (χ3v) is 5.40. The van der Waals surface area contributed by atoms with Gasteiger partial charge in [0, 0.05) is 24.0 Å². The maximum Gasteiger partial charge on any atom is 0.257 e. The Morgan fingerprint density at radius 1 is 1.13 bits per heavy atom. The molecule has 0 radical (unpaired) electrons. The van der Waals surface area contributed by atoms with Crippen LogP contribution >= 0.6 is 0 Å². The summed E-state index contributed by atoms with van der Waals surface area (Å²) >= 11 is 0. The zero-order valence-corrected chi connectivity index (χ0v) is 16.3. The Bertz CT molecular complexity index is 1260. The van der Waals surface area contributed by atoms with Crippen LogP contribution < -0.4 is 11.1 Å². The van der Waals surface area contributed by atoms with Gasteiger partial charge in [-0.05, 0) is 31.0 Å². The van der Waals surface area contributed by atoms with Gasteiger partial charge in [0.25, 0.3) is 5.91 Å². The molecular formula is C22H21N7O. The molecule has 0 spiro atoms. The number of pyridine rings is 1. The SMILES string of the molecule is Nc1c(C(=O)NC2CCCC2)c2nc3ccccc3nc2n1/N=C\c1cccnc1. The Kier molecular flexibility index (Phi) is 4.59. The van der Waals surface area contributed by atoms with Crippen LogP contribution in [0.3, 0.4) is 0 Å². The fourth-order valence-corrected chi connectivity index (χ4v) is 3.89. The van der Waals surface area contributed by atoms with Crippen molar-refractivity contribution in [1.82, 2.24) is 24.9 Å². The van der Waals surface area contributed by atoms with Crippen molar-refractivity contribution in [2.75, 3.05) is 5.73 Å². The van der Waals surface area contributed by atoms with E-state index in [4.69, 9.17) is 15.7 Å².